The predicted octanol–water partition coefficient (Wildman–Crippen LogP) is 1.57. The topological polar surface area (TPSA) is 85.8 Å². The van der Waals surface area contributed by atoms with Crippen LogP contribution in [-0.4, -0.2) is 81.9 Å². The highest BCUT2D eigenvalue weighted by Gasteiger charge is 2.27. The molecule has 1 amide bonds. The van der Waals surface area contributed by atoms with Crippen molar-refractivity contribution in [1.29, 1.82) is 0 Å². The van der Waals surface area contributed by atoms with Crippen LogP contribution in [0.5, 0.6) is 0 Å². The highest BCUT2D eigenvalue weighted by atomic mass is 32.2. The van der Waals surface area contributed by atoms with Crippen molar-refractivity contribution in [2.45, 2.75) is 11.3 Å². The van der Waals surface area contributed by atoms with Crippen LogP contribution in [-0.2, 0) is 14.8 Å². The van der Waals surface area contributed by atoms with Gasteiger partial charge in [0.1, 0.15) is 4.90 Å². The maximum absolute atomic E-state index is 13.0. The molecule has 2 aromatic rings. The number of amides is 1. The Bertz CT molecular complexity index is 1090. The van der Waals surface area contributed by atoms with Gasteiger partial charge in [0.15, 0.2) is 0 Å². The summed E-state index contributed by atoms with van der Waals surface area (Å²) < 4.78 is 27.3. The molecule has 32 heavy (non-hydrogen) atoms. The lowest BCUT2D eigenvalue weighted by atomic mass is 10.1. The van der Waals surface area contributed by atoms with Crippen LogP contribution in [0.2, 0.25) is 0 Å². The lowest BCUT2D eigenvalue weighted by Gasteiger charge is -2.34. The number of rotatable bonds is 5. The van der Waals surface area contributed by atoms with Crippen molar-refractivity contribution >= 4 is 21.6 Å². The molecular weight excluding hydrogens is 426 g/mol. The number of piperazine rings is 1. The Morgan fingerprint density at radius 1 is 1.00 bits per heavy atom. The standard InChI is InChI=1S/C23H29N5O3S/c1-24-23(29)19-9-11-28(12-10-19)32(30,31)21-7-8-22(25-17-21)18-3-5-20(6-4-18)27-15-13-26(2)14-16-27/h3-9,17H,10-16H2,1-2H3,(H,24,29). The minimum absolute atomic E-state index is 0.159. The second kappa shape index (κ2) is 9.40. The normalized spacial score (nSPS) is 18.3. The minimum atomic E-state index is -3.66. The van der Waals surface area contributed by atoms with Crippen LogP contribution in [0.4, 0.5) is 5.69 Å². The van der Waals surface area contributed by atoms with Crippen molar-refractivity contribution in [2.24, 2.45) is 0 Å². The molecule has 2 aliphatic rings. The van der Waals surface area contributed by atoms with Crippen LogP contribution in [0.3, 0.4) is 0 Å². The molecule has 0 bridgehead atoms. The zero-order valence-electron chi connectivity index (χ0n) is 18.5. The number of nitrogens with one attached hydrogen (secondary N) is 1. The molecule has 8 nitrogen and oxygen atoms in total. The smallest absolute Gasteiger partial charge is 0.246 e. The van der Waals surface area contributed by atoms with Gasteiger partial charge in [0, 0.05) is 69.3 Å². The van der Waals surface area contributed by atoms with Gasteiger partial charge in [-0.2, -0.15) is 4.31 Å². The second-order valence-electron chi connectivity index (χ2n) is 8.14. The molecule has 0 unspecified atom stereocenters. The molecule has 0 aliphatic carbocycles. The molecule has 0 radical (unpaired) electrons. The summed E-state index contributed by atoms with van der Waals surface area (Å²) in [5.74, 6) is -0.160. The van der Waals surface area contributed by atoms with Crippen LogP contribution in [0.15, 0.2) is 59.1 Å². The van der Waals surface area contributed by atoms with Crippen molar-refractivity contribution in [3.8, 4) is 11.3 Å². The molecule has 1 aromatic heterocycles. The number of carbonyl (C=O) groups excluding carboxylic acids is 1. The van der Waals surface area contributed by atoms with Gasteiger partial charge >= 0.3 is 0 Å². The van der Waals surface area contributed by atoms with Gasteiger partial charge in [-0.1, -0.05) is 18.2 Å². The average molecular weight is 456 g/mol. The van der Waals surface area contributed by atoms with Crippen LogP contribution in [0.25, 0.3) is 11.3 Å². The summed E-state index contributed by atoms with van der Waals surface area (Å²) in [6.45, 7) is 4.59. The van der Waals surface area contributed by atoms with E-state index in [9.17, 15) is 13.2 Å². The second-order valence-corrected chi connectivity index (χ2v) is 10.1. The van der Waals surface area contributed by atoms with E-state index in [1.807, 2.05) is 12.1 Å². The first kappa shape index (κ1) is 22.4. The fraction of sp³-hybridized carbons (Fsp3) is 0.391. The summed E-state index contributed by atoms with van der Waals surface area (Å²) in [5.41, 5.74) is 3.49. The van der Waals surface area contributed by atoms with E-state index in [0.29, 0.717) is 12.0 Å². The molecule has 0 atom stereocenters. The van der Waals surface area contributed by atoms with Crippen molar-refractivity contribution in [3.63, 3.8) is 0 Å². The molecule has 0 spiro atoms. The molecular formula is C23H29N5O3S. The molecule has 0 saturated carbocycles. The summed E-state index contributed by atoms with van der Waals surface area (Å²) in [4.78, 5) is 21.0. The number of hydrogen-bond donors (Lipinski definition) is 1. The average Bonchev–Trinajstić information content (AvgIpc) is 2.84. The number of likely N-dealkylation sites (N-methyl/N-ethyl adjacent to an activating group) is 2. The highest BCUT2D eigenvalue weighted by Crippen LogP contribution is 2.25. The van der Waals surface area contributed by atoms with Crippen LogP contribution in [0, 0.1) is 0 Å². The molecule has 1 fully saturated rings. The van der Waals surface area contributed by atoms with E-state index in [-0.39, 0.29) is 23.9 Å². The third-order valence-electron chi connectivity index (χ3n) is 6.10. The van der Waals surface area contributed by atoms with Crippen molar-refractivity contribution < 1.29 is 13.2 Å². The number of hydrogen-bond acceptors (Lipinski definition) is 6. The van der Waals surface area contributed by atoms with Crippen molar-refractivity contribution in [2.75, 3.05) is 58.3 Å². The van der Waals surface area contributed by atoms with Crippen LogP contribution < -0.4 is 10.2 Å². The molecule has 1 N–H and O–H groups in total. The first-order valence-electron chi connectivity index (χ1n) is 10.8. The molecule has 1 aromatic carbocycles. The van der Waals surface area contributed by atoms with Gasteiger partial charge in [0.25, 0.3) is 0 Å². The number of benzene rings is 1. The van der Waals surface area contributed by atoms with E-state index in [0.717, 1.165) is 37.4 Å². The van der Waals surface area contributed by atoms with Gasteiger partial charge in [-0.15, -0.1) is 0 Å². The Labute approximate surface area is 189 Å². The summed E-state index contributed by atoms with van der Waals surface area (Å²) in [6.07, 6.45) is 3.48. The molecule has 2 aliphatic heterocycles. The first-order chi connectivity index (χ1) is 15.4. The summed E-state index contributed by atoms with van der Waals surface area (Å²) in [5, 5.41) is 2.58. The van der Waals surface area contributed by atoms with Crippen LogP contribution >= 0.6 is 0 Å². The number of anilines is 1. The van der Waals surface area contributed by atoms with Crippen LogP contribution in [0.1, 0.15) is 6.42 Å². The SMILES string of the molecule is CNC(=O)C1=CCN(S(=O)(=O)c2ccc(-c3ccc(N4CCN(C)CC4)cc3)nc2)CC1. The fourth-order valence-corrected chi connectivity index (χ4v) is 5.32. The molecule has 9 heteroatoms. The number of carbonyl (C=O) groups is 1. The predicted molar refractivity (Wildman–Crippen MR) is 125 cm³/mol. The number of aromatic nitrogens is 1. The zero-order chi connectivity index (χ0) is 22.7. The van der Waals surface area contributed by atoms with Gasteiger partial charge in [0.2, 0.25) is 15.9 Å². The van der Waals surface area contributed by atoms with E-state index in [1.165, 1.54) is 16.2 Å². The van der Waals surface area contributed by atoms with Gasteiger partial charge < -0.3 is 15.1 Å². The van der Waals surface area contributed by atoms with E-state index in [2.05, 4.69) is 39.3 Å². The number of sulfonamides is 1. The Hall–Kier alpha value is -2.75. The maximum atomic E-state index is 13.0. The van der Waals surface area contributed by atoms with E-state index in [4.69, 9.17) is 0 Å². The van der Waals surface area contributed by atoms with E-state index >= 15 is 0 Å². The Kier molecular flexibility index (Phi) is 6.59. The van der Waals surface area contributed by atoms with Gasteiger partial charge in [-0.25, -0.2) is 8.42 Å². The molecule has 1 saturated heterocycles. The lowest BCUT2D eigenvalue weighted by Crippen LogP contribution is -2.44. The summed E-state index contributed by atoms with van der Waals surface area (Å²) >= 11 is 0. The lowest BCUT2D eigenvalue weighted by molar-refractivity contribution is -0.117. The molecule has 3 heterocycles. The van der Waals surface area contributed by atoms with Gasteiger partial charge in [0.05, 0.1) is 5.69 Å². The van der Waals surface area contributed by atoms with Crippen molar-refractivity contribution in [1.82, 2.24) is 19.5 Å². The maximum Gasteiger partial charge on any atom is 0.246 e. The molecule has 170 valence electrons. The quantitative estimate of drug-likeness (QED) is 0.737. The number of pyridine rings is 1. The van der Waals surface area contributed by atoms with Crippen molar-refractivity contribution in [3.05, 3.63) is 54.2 Å². The highest BCUT2D eigenvalue weighted by molar-refractivity contribution is 7.89. The minimum Gasteiger partial charge on any atom is -0.369 e. The van der Waals surface area contributed by atoms with E-state index < -0.39 is 10.0 Å². The Morgan fingerprint density at radius 3 is 2.28 bits per heavy atom. The Balaban J connectivity index is 1.45. The van der Waals surface area contributed by atoms with Gasteiger partial charge in [-0.05, 0) is 37.7 Å². The molecule has 4 rings (SSSR count). The summed E-state index contributed by atoms with van der Waals surface area (Å²) in [7, 11) is 0.0492. The number of nitrogens with zero attached hydrogens (tertiary/aromatic N) is 4. The van der Waals surface area contributed by atoms with Gasteiger partial charge in [-0.3, -0.25) is 9.78 Å². The largest absolute Gasteiger partial charge is 0.369 e. The fourth-order valence-electron chi connectivity index (χ4n) is 4.00. The third-order valence-corrected chi connectivity index (χ3v) is 7.94. The monoisotopic (exact) mass is 455 g/mol. The first-order valence-corrected chi connectivity index (χ1v) is 12.2. The Morgan fingerprint density at radius 2 is 1.72 bits per heavy atom. The zero-order valence-corrected chi connectivity index (χ0v) is 19.3. The summed E-state index contributed by atoms with van der Waals surface area (Å²) in [6, 6.07) is 11.6. The van der Waals surface area contributed by atoms with E-state index in [1.54, 1.807) is 25.3 Å². The third kappa shape index (κ3) is 4.69.